The van der Waals surface area contributed by atoms with Gasteiger partial charge in [-0.25, -0.2) is 0 Å². The number of likely N-dealkylation sites (tertiary alicyclic amines) is 2. The highest BCUT2D eigenvalue weighted by atomic mass is 16.3. The summed E-state index contributed by atoms with van der Waals surface area (Å²) in [5.74, 6) is 1.60. The summed E-state index contributed by atoms with van der Waals surface area (Å²) >= 11 is 0. The molecule has 160 valence electrons. The number of phenols is 1. The predicted octanol–water partition coefficient (Wildman–Crippen LogP) is 3.05. The van der Waals surface area contributed by atoms with E-state index in [1.54, 1.807) is 30.3 Å². The van der Waals surface area contributed by atoms with Crippen molar-refractivity contribution in [2.45, 2.75) is 19.4 Å². The number of aromatic hydroxyl groups is 1. The van der Waals surface area contributed by atoms with Crippen LogP contribution in [0.15, 0.2) is 48.5 Å². The summed E-state index contributed by atoms with van der Waals surface area (Å²) in [6.07, 6.45) is 5.59. The molecule has 31 heavy (non-hydrogen) atoms. The van der Waals surface area contributed by atoms with Gasteiger partial charge in [0, 0.05) is 38.8 Å². The van der Waals surface area contributed by atoms with Crippen LogP contribution in [0.5, 0.6) is 5.75 Å². The molecule has 2 aliphatic heterocycles. The molecule has 2 saturated heterocycles. The molecule has 7 heteroatoms. The van der Waals surface area contributed by atoms with Gasteiger partial charge >= 0.3 is 0 Å². The molecule has 7 nitrogen and oxygen atoms in total. The molecular weight excluding hydrogens is 390 g/mol. The molecule has 5 rings (SSSR count). The highest BCUT2D eigenvalue weighted by molar-refractivity contribution is 5.91. The molecule has 3 heterocycles. The number of carbonyl (C=O) groups is 1. The normalized spacial score (nSPS) is 22.1. The van der Waals surface area contributed by atoms with Gasteiger partial charge in [0.2, 0.25) is 5.91 Å². The second kappa shape index (κ2) is 8.51. The van der Waals surface area contributed by atoms with E-state index in [1.165, 1.54) is 5.56 Å². The topological polar surface area (TPSA) is 85.4 Å². The number of nitrogens with zero attached hydrogens (tertiary/aromatic N) is 4. The fourth-order valence-electron chi connectivity index (χ4n) is 4.90. The number of fused-ring (bicyclic) bond motifs is 2. The van der Waals surface area contributed by atoms with E-state index < -0.39 is 0 Å². The van der Waals surface area contributed by atoms with Crippen LogP contribution >= 0.6 is 0 Å². The number of benzene rings is 2. The van der Waals surface area contributed by atoms with Crippen LogP contribution in [-0.2, 0) is 11.3 Å². The summed E-state index contributed by atoms with van der Waals surface area (Å²) in [5.41, 5.74) is 4.01. The van der Waals surface area contributed by atoms with E-state index in [2.05, 4.69) is 32.4 Å². The fraction of sp³-hybridized carbons (Fsp3) is 0.375. The number of aromatic nitrogens is 3. The summed E-state index contributed by atoms with van der Waals surface area (Å²) in [4.78, 5) is 17.2. The van der Waals surface area contributed by atoms with Gasteiger partial charge < -0.3 is 10.0 Å². The molecule has 0 spiro atoms. The molecular formula is C24H27N5O2. The first-order valence-corrected chi connectivity index (χ1v) is 10.9. The Bertz CT molecular complexity index is 1070. The second-order valence-electron chi connectivity index (χ2n) is 8.69. The first-order valence-electron chi connectivity index (χ1n) is 10.9. The van der Waals surface area contributed by atoms with Crippen molar-refractivity contribution in [3.8, 4) is 5.75 Å². The zero-order valence-corrected chi connectivity index (χ0v) is 17.4. The maximum Gasteiger partial charge on any atom is 0.246 e. The average Bonchev–Trinajstić information content (AvgIpc) is 3.34. The monoisotopic (exact) mass is 417 g/mol. The number of nitrogens with one attached hydrogen (secondary N) is 1. The first kappa shape index (κ1) is 19.8. The Morgan fingerprint density at radius 2 is 1.74 bits per heavy atom. The van der Waals surface area contributed by atoms with Gasteiger partial charge in [-0.15, -0.1) is 0 Å². The van der Waals surface area contributed by atoms with Crippen LogP contribution in [0.25, 0.3) is 17.1 Å². The lowest BCUT2D eigenvalue weighted by Crippen LogP contribution is -2.31. The lowest BCUT2D eigenvalue weighted by molar-refractivity contribution is -0.126. The zero-order valence-electron chi connectivity index (χ0n) is 17.4. The van der Waals surface area contributed by atoms with Crippen LogP contribution in [0.2, 0.25) is 0 Å². The van der Waals surface area contributed by atoms with Crippen molar-refractivity contribution >= 4 is 23.0 Å². The van der Waals surface area contributed by atoms with Crippen LogP contribution < -0.4 is 0 Å². The Labute approximate surface area is 181 Å². The van der Waals surface area contributed by atoms with Gasteiger partial charge in [0.1, 0.15) is 16.8 Å². The molecule has 2 fully saturated rings. The molecule has 2 unspecified atom stereocenters. The van der Waals surface area contributed by atoms with E-state index in [1.807, 2.05) is 17.0 Å². The van der Waals surface area contributed by atoms with Gasteiger partial charge in [0.15, 0.2) is 0 Å². The SMILES string of the molecule is O=C(/C=C/c1ccc(O)cc1)N1CCC2CN(Cc3ccc4n[nH]nc4c3)CC2CC1. The Morgan fingerprint density at radius 1 is 1.03 bits per heavy atom. The number of hydrogen-bond acceptors (Lipinski definition) is 5. The Morgan fingerprint density at radius 3 is 2.48 bits per heavy atom. The molecule has 3 aromatic rings. The highest BCUT2D eigenvalue weighted by Crippen LogP contribution is 2.33. The molecule has 0 aliphatic carbocycles. The number of rotatable bonds is 4. The minimum absolute atomic E-state index is 0.0748. The van der Waals surface area contributed by atoms with Crippen molar-refractivity contribution in [2.24, 2.45) is 11.8 Å². The summed E-state index contributed by atoms with van der Waals surface area (Å²) < 4.78 is 0. The second-order valence-corrected chi connectivity index (χ2v) is 8.69. The molecule has 2 aliphatic rings. The number of phenolic OH excluding ortho intramolecular Hbond substituents is 1. The molecule has 0 saturated carbocycles. The number of aromatic amines is 1. The van der Waals surface area contributed by atoms with Crippen LogP contribution in [0.4, 0.5) is 0 Å². The Balaban J connectivity index is 1.15. The minimum atomic E-state index is 0.0748. The van der Waals surface area contributed by atoms with Crippen LogP contribution in [0.1, 0.15) is 24.0 Å². The van der Waals surface area contributed by atoms with Crippen molar-refractivity contribution in [3.05, 3.63) is 59.7 Å². The number of carbonyl (C=O) groups excluding carboxylic acids is 1. The van der Waals surface area contributed by atoms with E-state index >= 15 is 0 Å². The Kier molecular flexibility index (Phi) is 5.42. The smallest absolute Gasteiger partial charge is 0.246 e. The van der Waals surface area contributed by atoms with Gasteiger partial charge in [0.25, 0.3) is 0 Å². The van der Waals surface area contributed by atoms with E-state index in [9.17, 15) is 9.90 Å². The van der Waals surface area contributed by atoms with Crippen molar-refractivity contribution < 1.29 is 9.90 Å². The third-order valence-corrected chi connectivity index (χ3v) is 6.60. The molecule has 2 N–H and O–H groups in total. The molecule has 1 aromatic heterocycles. The van der Waals surface area contributed by atoms with Gasteiger partial charge in [-0.2, -0.15) is 15.4 Å². The summed E-state index contributed by atoms with van der Waals surface area (Å²) in [6, 6.07) is 13.2. The van der Waals surface area contributed by atoms with Gasteiger partial charge in [0.05, 0.1) is 0 Å². The largest absolute Gasteiger partial charge is 0.508 e. The van der Waals surface area contributed by atoms with E-state index in [0.29, 0.717) is 11.8 Å². The number of amides is 1. The lowest BCUT2D eigenvalue weighted by atomic mass is 9.92. The molecule has 2 aromatic carbocycles. The van der Waals surface area contributed by atoms with E-state index in [-0.39, 0.29) is 11.7 Å². The fourth-order valence-corrected chi connectivity index (χ4v) is 4.90. The van der Waals surface area contributed by atoms with Crippen molar-refractivity contribution in [2.75, 3.05) is 26.2 Å². The summed E-state index contributed by atoms with van der Waals surface area (Å²) in [7, 11) is 0. The standard InChI is InChI=1S/C24H27N5O2/c30-21-5-1-17(2-6-21)4-8-24(31)29-11-9-19-15-28(16-20(19)10-12-29)14-18-3-7-22-23(13-18)26-27-25-22/h1-8,13,19-20,30H,9-12,14-16H2,(H,25,26,27)/b8-4+. The molecule has 2 atom stereocenters. The van der Waals surface area contributed by atoms with Crippen molar-refractivity contribution in [1.29, 1.82) is 0 Å². The molecule has 0 bridgehead atoms. The predicted molar refractivity (Wildman–Crippen MR) is 119 cm³/mol. The van der Waals surface area contributed by atoms with Crippen molar-refractivity contribution in [3.63, 3.8) is 0 Å². The van der Waals surface area contributed by atoms with Crippen LogP contribution in [0, 0.1) is 11.8 Å². The third-order valence-electron chi connectivity index (χ3n) is 6.60. The van der Waals surface area contributed by atoms with Gasteiger partial charge in [-0.1, -0.05) is 18.2 Å². The van der Waals surface area contributed by atoms with E-state index in [4.69, 9.17) is 0 Å². The minimum Gasteiger partial charge on any atom is -0.508 e. The lowest BCUT2D eigenvalue weighted by Gasteiger charge is -2.21. The van der Waals surface area contributed by atoms with Crippen LogP contribution in [-0.4, -0.2) is 62.4 Å². The number of H-pyrrole nitrogens is 1. The van der Waals surface area contributed by atoms with Gasteiger partial charge in [-0.3, -0.25) is 9.69 Å². The highest BCUT2D eigenvalue weighted by Gasteiger charge is 2.35. The molecule has 0 radical (unpaired) electrons. The maximum atomic E-state index is 12.7. The Hall–Kier alpha value is -3.19. The first-order chi connectivity index (χ1) is 15.1. The molecule has 1 amide bonds. The average molecular weight is 418 g/mol. The summed E-state index contributed by atoms with van der Waals surface area (Å²) in [5, 5.41) is 20.4. The number of hydrogen-bond donors (Lipinski definition) is 2. The third kappa shape index (κ3) is 4.46. The van der Waals surface area contributed by atoms with E-state index in [0.717, 1.165) is 62.2 Å². The maximum absolute atomic E-state index is 12.7. The summed E-state index contributed by atoms with van der Waals surface area (Å²) in [6.45, 7) is 4.75. The van der Waals surface area contributed by atoms with Crippen molar-refractivity contribution in [1.82, 2.24) is 25.2 Å². The van der Waals surface area contributed by atoms with Crippen LogP contribution in [0.3, 0.4) is 0 Å². The zero-order chi connectivity index (χ0) is 21.2. The van der Waals surface area contributed by atoms with Gasteiger partial charge in [-0.05, 0) is 66.1 Å². The quantitative estimate of drug-likeness (QED) is 0.638.